The van der Waals surface area contributed by atoms with E-state index in [9.17, 15) is 0 Å². The third kappa shape index (κ3) is 5.15. The van der Waals surface area contributed by atoms with E-state index in [1.807, 2.05) is 36.4 Å². The highest BCUT2D eigenvalue weighted by molar-refractivity contribution is 6.04. The van der Waals surface area contributed by atoms with E-state index in [2.05, 4.69) is 67.7 Å². The van der Waals surface area contributed by atoms with E-state index in [4.69, 9.17) is 14.5 Å². The van der Waals surface area contributed by atoms with Crippen molar-refractivity contribution in [3.05, 3.63) is 102 Å². The van der Waals surface area contributed by atoms with Crippen molar-refractivity contribution in [1.29, 1.82) is 0 Å². The third-order valence-electron chi connectivity index (χ3n) is 5.17. The predicted octanol–water partition coefficient (Wildman–Crippen LogP) is 5.97. The van der Waals surface area contributed by atoms with Crippen molar-refractivity contribution >= 4 is 17.3 Å². The van der Waals surface area contributed by atoms with E-state index >= 15 is 0 Å². The van der Waals surface area contributed by atoms with Crippen LogP contribution in [0.3, 0.4) is 0 Å². The highest BCUT2D eigenvalue weighted by Gasteiger charge is 2.30. The number of nitrogens with zero attached hydrogens (tertiary/aromatic N) is 1. The summed E-state index contributed by atoms with van der Waals surface area (Å²) in [6, 6.07) is 28.7. The standard InChI is InChI=1S/C27H28N2O2/c1-27(2)19-31-26(29-27)24(18-20-10-6-4-7-11-20)25(28-22-12-8-5-9-13-22)21-14-16-23(30-3)17-15-21/h4-17,28H,18-19H2,1-3H3/b25-24-. The van der Waals surface area contributed by atoms with Crippen LogP contribution in [-0.4, -0.2) is 25.2 Å². The molecule has 0 amide bonds. The molecule has 1 N–H and O–H groups in total. The van der Waals surface area contributed by atoms with Crippen LogP contribution in [0.2, 0.25) is 0 Å². The molecule has 0 saturated carbocycles. The van der Waals surface area contributed by atoms with Crippen molar-refractivity contribution in [2.24, 2.45) is 4.99 Å². The third-order valence-corrected chi connectivity index (χ3v) is 5.17. The van der Waals surface area contributed by atoms with E-state index in [-0.39, 0.29) is 5.54 Å². The van der Waals surface area contributed by atoms with Crippen molar-refractivity contribution in [3.63, 3.8) is 0 Å². The summed E-state index contributed by atoms with van der Waals surface area (Å²) in [6.07, 6.45) is 0.705. The molecule has 158 valence electrons. The Labute approximate surface area is 184 Å². The Bertz CT molecular complexity index is 1070. The molecule has 4 rings (SSSR count). The van der Waals surface area contributed by atoms with Gasteiger partial charge in [-0.2, -0.15) is 0 Å². The van der Waals surface area contributed by atoms with Crippen LogP contribution in [0.25, 0.3) is 5.70 Å². The van der Waals surface area contributed by atoms with Gasteiger partial charge in [-0.05, 0) is 61.4 Å². The summed E-state index contributed by atoms with van der Waals surface area (Å²) in [4.78, 5) is 4.91. The minimum absolute atomic E-state index is 0.241. The van der Waals surface area contributed by atoms with E-state index in [1.54, 1.807) is 7.11 Å². The number of anilines is 1. The maximum Gasteiger partial charge on any atom is 0.215 e. The lowest BCUT2D eigenvalue weighted by Gasteiger charge is -2.18. The molecule has 0 aromatic heterocycles. The first-order valence-corrected chi connectivity index (χ1v) is 10.5. The lowest BCUT2D eigenvalue weighted by atomic mass is 9.98. The van der Waals surface area contributed by atoms with Crippen LogP contribution in [0.5, 0.6) is 5.75 Å². The Morgan fingerprint density at radius 3 is 2.16 bits per heavy atom. The molecule has 0 atom stereocenters. The average Bonchev–Trinajstić information content (AvgIpc) is 3.17. The van der Waals surface area contributed by atoms with Gasteiger partial charge in [0.1, 0.15) is 12.4 Å². The van der Waals surface area contributed by atoms with Crippen LogP contribution < -0.4 is 10.1 Å². The number of aliphatic imine (C=N–C) groups is 1. The summed E-state index contributed by atoms with van der Waals surface area (Å²) in [5, 5.41) is 3.64. The van der Waals surface area contributed by atoms with Crippen LogP contribution in [0.1, 0.15) is 25.0 Å². The van der Waals surface area contributed by atoms with Gasteiger partial charge in [0.05, 0.1) is 18.3 Å². The number of benzene rings is 3. The van der Waals surface area contributed by atoms with Crippen LogP contribution in [0, 0.1) is 0 Å². The molecule has 1 aliphatic heterocycles. The zero-order chi connectivity index (χ0) is 21.7. The summed E-state index contributed by atoms with van der Waals surface area (Å²) in [6.45, 7) is 4.76. The Hall–Kier alpha value is -3.53. The van der Waals surface area contributed by atoms with E-state index < -0.39 is 0 Å². The predicted molar refractivity (Wildman–Crippen MR) is 128 cm³/mol. The van der Waals surface area contributed by atoms with Crippen LogP contribution >= 0.6 is 0 Å². The molecule has 0 bridgehead atoms. The van der Waals surface area contributed by atoms with Gasteiger partial charge in [0.25, 0.3) is 0 Å². The second kappa shape index (κ2) is 9.09. The fraction of sp³-hybridized carbons (Fsp3) is 0.222. The van der Waals surface area contributed by atoms with Crippen molar-refractivity contribution in [2.75, 3.05) is 19.0 Å². The van der Waals surface area contributed by atoms with Gasteiger partial charge in [-0.25, -0.2) is 4.99 Å². The monoisotopic (exact) mass is 412 g/mol. The number of hydrogen-bond acceptors (Lipinski definition) is 4. The minimum atomic E-state index is -0.241. The molecule has 0 fully saturated rings. The summed E-state index contributed by atoms with van der Waals surface area (Å²) in [5.41, 5.74) is 5.03. The molecule has 0 saturated heterocycles. The van der Waals surface area contributed by atoms with Crippen LogP contribution in [0.4, 0.5) is 5.69 Å². The molecule has 4 nitrogen and oxygen atoms in total. The lowest BCUT2D eigenvalue weighted by molar-refractivity contribution is 0.279. The van der Waals surface area contributed by atoms with E-state index in [0.717, 1.165) is 28.3 Å². The molecular weight excluding hydrogens is 384 g/mol. The highest BCUT2D eigenvalue weighted by Crippen LogP contribution is 2.30. The smallest absolute Gasteiger partial charge is 0.215 e. The maximum absolute atomic E-state index is 6.12. The topological polar surface area (TPSA) is 42.8 Å². The molecule has 3 aromatic carbocycles. The molecule has 0 aliphatic carbocycles. The molecule has 3 aromatic rings. The van der Waals surface area contributed by atoms with Gasteiger partial charge in [-0.3, -0.25) is 0 Å². The largest absolute Gasteiger partial charge is 0.497 e. The van der Waals surface area contributed by atoms with Gasteiger partial charge in [-0.1, -0.05) is 48.5 Å². The first kappa shape index (κ1) is 20.7. The van der Waals surface area contributed by atoms with Crippen molar-refractivity contribution in [2.45, 2.75) is 25.8 Å². The van der Waals surface area contributed by atoms with Crippen molar-refractivity contribution in [3.8, 4) is 5.75 Å². The lowest BCUT2D eigenvalue weighted by Crippen LogP contribution is -2.17. The SMILES string of the molecule is COc1ccc(/C(Nc2ccccc2)=C(\Cc2ccccc2)C2=NC(C)(C)CO2)cc1. The Morgan fingerprint density at radius 1 is 0.935 bits per heavy atom. The average molecular weight is 413 g/mol. The van der Waals surface area contributed by atoms with Crippen molar-refractivity contribution in [1.82, 2.24) is 0 Å². The Morgan fingerprint density at radius 2 is 1.58 bits per heavy atom. The van der Waals surface area contributed by atoms with Gasteiger partial charge in [0.2, 0.25) is 5.90 Å². The van der Waals surface area contributed by atoms with Gasteiger partial charge < -0.3 is 14.8 Å². The molecule has 1 heterocycles. The fourth-order valence-corrected chi connectivity index (χ4v) is 3.56. The molecule has 1 aliphatic rings. The molecule has 4 heteroatoms. The second-order valence-corrected chi connectivity index (χ2v) is 8.25. The number of nitrogens with one attached hydrogen (secondary N) is 1. The number of para-hydroxylation sites is 1. The Kier molecular flexibility index (Phi) is 6.08. The van der Waals surface area contributed by atoms with Crippen LogP contribution in [0.15, 0.2) is 95.5 Å². The number of methoxy groups -OCH3 is 1. The molecule has 0 radical (unpaired) electrons. The van der Waals surface area contributed by atoms with Gasteiger partial charge in [0.15, 0.2) is 0 Å². The first-order valence-electron chi connectivity index (χ1n) is 10.5. The minimum Gasteiger partial charge on any atom is -0.497 e. The highest BCUT2D eigenvalue weighted by atomic mass is 16.5. The molecule has 0 spiro atoms. The zero-order valence-corrected chi connectivity index (χ0v) is 18.3. The fourth-order valence-electron chi connectivity index (χ4n) is 3.56. The molecule has 31 heavy (non-hydrogen) atoms. The van der Waals surface area contributed by atoms with Gasteiger partial charge in [-0.15, -0.1) is 0 Å². The van der Waals surface area contributed by atoms with E-state index in [1.165, 1.54) is 5.56 Å². The summed E-state index contributed by atoms with van der Waals surface area (Å²) in [7, 11) is 1.68. The molecule has 0 unspecified atom stereocenters. The Balaban J connectivity index is 1.87. The quantitative estimate of drug-likeness (QED) is 0.520. The summed E-state index contributed by atoms with van der Waals surface area (Å²) in [5.74, 6) is 1.52. The summed E-state index contributed by atoms with van der Waals surface area (Å²) < 4.78 is 11.5. The van der Waals surface area contributed by atoms with Gasteiger partial charge >= 0.3 is 0 Å². The second-order valence-electron chi connectivity index (χ2n) is 8.25. The molecular formula is C27H28N2O2. The van der Waals surface area contributed by atoms with Crippen LogP contribution in [-0.2, 0) is 11.2 Å². The summed E-state index contributed by atoms with van der Waals surface area (Å²) >= 11 is 0. The number of rotatable bonds is 7. The normalized spacial score (nSPS) is 15.5. The maximum atomic E-state index is 6.12. The first-order chi connectivity index (χ1) is 15.0. The van der Waals surface area contributed by atoms with E-state index in [0.29, 0.717) is 18.9 Å². The number of hydrogen-bond donors (Lipinski definition) is 1. The number of ether oxygens (including phenoxy) is 2. The van der Waals surface area contributed by atoms with Crippen molar-refractivity contribution < 1.29 is 9.47 Å². The van der Waals surface area contributed by atoms with Gasteiger partial charge in [0, 0.05) is 17.7 Å². The zero-order valence-electron chi connectivity index (χ0n) is 18.3.